The number of rotatable bonds is 6. The van der Waals surface area contributed by atoms with Crippen molar-refractivity contribution in [1.82, 2.24) is 4.72 Å². The Bertz CT molecular complexity index is 472. The van der Waals surface area contributed by atoms with E-state index in [-0.39, 0.29) is 4.90 Å². The van der Waals surface area contributed by atoms with E-state index in [1.165, 1.54) is 18.2 Å². The molecule has 1 rings (SSSR count). The van der Waals surface area contributed by atoms with Gasteiger partial charge in [-0.15, -0.1) is 0 Å². The van der Waals surface area contributed by atoms with Gasteiger partial charge in [-0.1, -0.05) is 13.8 Å². The largest absolute Gasteiger partial charge is 0.491 e. The highest BCUT2D eigenvalue weighted by molar-refractivity contribution is 7.89. The highest BCUT2D eigenvalue weighted by atomic mass is 32.2. The first-order valence-corrected chi connectivity index (χ1v) is 7.01. The average Bonchev–Trinajstić information content (AvgIpc) is 2.27. The fourth-order valence-electron chi connectivity index (χ4n) is 1.29. The lowest BCUT2D eigenvalue weighted by atomic mass is 10.3. The third-order valence-electron chi connectivity index (χ3n) is 2.09. The zero-order valence-electron chi connectivity index (χ0n) is 10.1. The summed E-state index contributed by atoms with van der Waals surface area (Å²) in [6.07, 6.45) is 0.837. The fourth-order valence-corrected chi connectivity index (χ4v) is 2.35. The zero-order chi connectivity index (χ0) is 12.9. The van der Waals surface area contributed by atoms with Crippen molar-refractivity contribution in [2.24, 2.45) is 0 Å². The first-order chi connectivity index (χ1) is 8.01. The minimum atomic E-state index is -3.46. The molecule has 0 bridgehead atoms. The zero-order valence-corrected chi connectivity index (χ0v) is 10.9. The van der Waals surface area contributed by atoms with Gasteiger partial charge in [0.05, 0.1) is 17.2 Å². The summed E-state index contributed by atoms with van der Waals surface area (Å²) < 4.78 is 31.3. The molecule has 1 aromatic carbocycles. The van der Waals surface area contributed by atoms with Crippen molar-refractivity contribution in [1.29, 1.82) is 0 Å². The smallest absolute Gasteiger partial charge is 0.240 e. The Labute approximate surface area is 102 Å². The van der Waals surface area contributed by atoms with Crippen LogP contribution < -0.4 is 15.2 Å². The highest BCUT2D eigenvalue weighted by Gasteiger charge is 2.14. The Balaban J connectivity index is 3.03. The van der Waals surface area contributed by atoms with E-state index in [0.717, 1.165) is 6.42 Å². The molecule has 0 saturated heterocycles. The van der Waals surface area contributed by atoms with Gasteiger partial charge in [-0.3, -0.25) is 0 Å². The fraction of sp³-hybridized carbons (Fsp3) is 0.455. The number of nitrogens with one attached hydrogen (secondary N) is 1. The van der Waals surface area contributed by atoms with E-state index in [1.807, 2.05) is 6.92 Å². The van der Waals surface area contributed by atoms with Crippen LogP contribution in [0.25, 0.3) is 0 Å². The quantitative estimate of drug-likeness (QED) is 0.755. The summed E-state index contributed by atoms with van der Waals surface area (Å²) in [5.74, 6) is 0.408. The van der Waals surface area contributed by atoms with Crippen molar-refractivity contribution in [3.05, 3.63) is 18.2 Å². The van der Waals surface area contributed by atoms with E-state index in [4.69, 9.17) is 10.5 Å². The normalized spacial score (nSPS) is 11.4. The van der Waals surface area contributed by atoms with Gasteiger partial charge in [0.25, 0.3) is 0 Å². The van der Waals surface area contributed by atoms with Crippen LogP contribution in [0.15, 0.2) is 23.1 Å². The molecule has 0 aliphatic heterocycles. The maximum atomic E-state index is 11.8. The molecule has 3 N–H and O–H groups in total. The van der Waals surface area contributed by atoms with Crippen LogP contribution in [0.1, 0.15) is 20.3 Å². The SMILES string of the molecule is CCCOc1cc(S(=O)(=O)NCC)ccc1N. The van der Waals surface area contributed by atoms with Gasteiger partial charge in [-0.05, 0) is 18.6 Å². The van der Waals surface area contributed by atoms with Crippen LogP contribution in [-0.4, -0.2) is 21.6 Å². The monoisotopic (exact) mass is 258 g/mol. The van der Waals surface area contributed by atoms with Gasteiger partial charge in [-0.25, -0.2) is 13.1 Å². The van der Waals surface area contributed by atoms with E-state index < -0.39 is 10.0 Å². The summed E-state index contributed by atoms with van der Waals surface area (Å²) in [6, 6.07) is 4.45. The second-order valence-electron chi connectivity index (χ2n) is 3.55. The summed E-state index contributed by atoms with van der Waals surface area (Å²) in [4.78, 5) is 0.166. The van der Waals surface area contributed by atoms with Crippen molar-refractivity contribution < 1.29 is 13.2 Å². The molecule has 1 aromatic rings. The third-order valence-corrected chi connectivity index (χ3v) is 3.63. The number of hydrogen-bond acceptors (Lipinski definition) is 4. The minimum absolute atomic E-state index is 0.166. The van der Waals surface area contributed by atoms with Crippen LogP contribution in [0.4, 0.5) is 5.69 Å². The van der Waals surface area contributed by atoms with Crippen LogP contribution in [0.3, 0.4) is 0 Å². The van der Waals surface area contributed by atoms with Crippen molar-refractivity contribution >= 4 is 15.7 Å². The third kappa shape index (κ3) is 3.61. The molecule has 5 nitrogen and oxygen atoms in total. The molecule has 0 amide bonds. The average molecular weight is 258 g/mol. The van der Waals surface area contributed by atoms with Crippen LogP contribution in [0, 0.1) is 0 Å². The molecule has 17 heavy (non-hydrogen) atoms. The first kappa shape index (κ1) is 13.8. The molecule has 0 aliphatic carbocycles. The second-order valence-corrected chi connectivity index (χ2v) is 5.32. The predicted octanol–water partition coefficient (Wildman–Crippen LogP) is 1.36. The van der Waals surface area contributed by atoms with Crippen LogP contribution in [0.5, 0.6) is 5.75 Å². The molecule has 0 radical (unpaired) electrons. The molecule has 0 fully saturated rings. The Kier molecular flexibility index (Phi) is 4.77. The molecule has 6 heteroatoms. The summed E-state index contributed by atoms with van der Waals surface area (Å²) in [7, 11) is -3.46. The Morgan fingerprint density at radius 2 is 2.06 bits per heavy atom. The van der Waals surface area contributed by atoms with Crippen LogP contribution >= 0.6 is 0 Å². The summed E-state index contributed by atoms with van der Waals surface area (Å²) in [6.45, 7) is 4.55. The van der Waals surface area contributed by atoms with Gasteiger partial charge in [0, 0.05) is 12.6 Å². The molecule has 0 heterocycles. The van der Waals surface area contributed by atoms with Crippen molar-refractivity contribution in [2.75, 3.05) is 18.9 Å². The van der Waals surface area contributed by atoms with Gasteiger partial charge in [0.2, 0.25) is 10.0 Å². The maximum absolute atomic E-state index is 11.8. The number of ether oxygens (including phenoxy) is 1. The lowest BCUT2D eigenvalue weighted by Crippen LogP contribution is -2.23. The maximum Gasteiger partial charge on any atom is 0.240 e. The number of anilines is 1. The van der Waals surface area contributed by atoms with Gasteiger partial charge in [0.15, 0.2) is 0 Å². The van der Waals surface area contributed by atoms with Gasteiger partial charge in [0.1, 0.15) is 5.75 Å². The van der Waals surface area contributed by atoms with Crippen LogP contribution in [-0.2, 0) is 10.0 Å². The van der Waals surface area contributed by atoms with E-state index in [1.54, 1.807) is 6.92 Å². The standard InChI is InChI=1S/C11H18N2O3S/c1-3-7-16-11-8-9(5-6-10(11)12)17(14,15)13-4-2/h5-6,8,13H,3-4,7,12H2,1-2H3. The lowest BCUT2D eigenvalue weighted by Gasteiger charge is -2.10. The van der Waals surface area contributed by atoms with Gasteiger partial charge >= 0.3 is 0 Å². The molecule has 96 valence electrons. The predicted molar refractivity (Wildman–Crippen MR) is 67.5 cm³/mol. The molecular weight excluding hydrogens is 240 g/mol. The summed E-state index contributed by atoms with van der Waals surface area (Å²) >= 11 is 0. The van der Waals surface area contributed by atoms with Crippen molar-refractivity contribution in [3.63, 3.8) is 0 Å². The van der Waals surface area contributed by atoms with E-state index in [9.17, 15) is 8.42 Å². The van der Waals surface area contributed by atoms with E-state index in [0.29, 0.717) is 24.6 Å². The topological polar surface area (TPSA) is 81.4 Å². The number of benzene rings is 1. The molecule has 0 spiro atoms. The first-order valence-electron chi connectivity index (χ1n) is 5.53. The molecule has 0 aliphatic rings. The lowest BCUT2D eigenvalue weighted by molar-refractivity contribution is 0.318. The second kappa shape index (κ2) is 5.88. The number of hydrogen-bond donors (Lipinski definition) is 2. The van der Waals surface area contributed by atoms with Gasteiger partial charge < -0.3 is 10.5 Å². The number of nitrogens with two attached hydrogens (primary N) is 1. The molecule has 0 saturated carbocycles. The van der Waals surface area contributed by atoms with Crippen molar-refractivity contribution in [2.45, 2.75) is 25.2 Å². The number of sulfonamides is 1. The van der Waals surface area contributed by atoms with Crippen LogP contribution in [0.2, 0.25) is 0 Å². The van der Waals surface area contributed by atoms with E-state index in [2.05, 4.69) is 4.72 Å². The highest BCUT2D eigenvalue weighted by Crippen LogP contribution is 2.25. The van der Waals surface area contributed by atoms with Crippen molar-refractivity contribution in [3.8, 4) is 5.75 Å². The number of nitrogen functional groups attached to an aromatic ring is 1. The van der Waals surface area contributed by atoms with Gasteiger partial charge in [-0.2, -0.15) is 0 Å². The van der Waals surface area contributed by atoms with E-state index >= 15 is 0 Å². The molecular formula is C11H18N2O3S. The Hall–Kier alpha value is -1.27. The molecule has 0 unspecified atom stereocenters. The summed E-state index contributed by atoms with van der Waals surface area (Å²) in [5, 5.41) is 0. The summed E-state index contributed by atoms with van der Waals surface area (Å²) in [5.41, 5.74) is 6.15. The Morgan fingerprint density at radius 3 is 2.65 bits per heavy atom. The minimum Gasteiger partial charge on any atom is -0.491 e. The molecule has 0 aromatic heterocycles. The molecule has 0 atom stereocenters. The Morgan fingerprint density at radius 1 is 1.35 bits per heavy atom.